The molecule has 116 valence electrons. The molecule has 1 saturated carbocycles. The van der Waals surface area contributed by atoms with Gasteiger partial charge < -0.3 is 10.4 Å². The summed E-state index contributed by atoms with van der Waals surface area (Å²) < 4.78 is 0. The maximum atomic E-state index is 11.8. The lowest BCUT2D eigenvalue weighted by Crippen LogP contribution is -2.32. The molecule has 2 aromatic rings. The summed E-state index contributed by atoms with van der Waals surface area (Å²) in [4.78, 5) is 11.8. The molecule has 1 aromatic carbocycles. The number of carbonyl (C=O) groups excluding carboxylic acids is 1. The van der Waals surface area contributed by atoms with Crippen LogP contribution in [-0.2, 0) is 0 Å². The van der Waals surface area contributed by atoms with Crippen LogP contribution in [0.25, 0.3) is 0 Å². The third kappa shape index (κ3) is 3.80. The minimum Gasteiger partial charge on any atom is -0.387 e. The highest BCUT2D eigenvalue weighted by atomic mass is 32.1. The molecule has 1 heterocycles. The van der Waals surface area contributed by atoms with Crippen molar-refractivity contribution in [1.82, 2.24) is 15.5 Å². The molecule has 0 spiro atoms. The molecule has 0 radical (unpaired) electrons. The number of nitrogens with zero attached hydrogens (tertiary/aromatic N) is 2. The first kappa shape index (κ1) is 14.9. The van der Waals surface area contributed by atoms with E-state index in [1.807, 2.05) is 31.2 Å². The number of aromatic nitrogens is 2. The molecule has 1 aromatic heterocycles. The summed E-state index contributed by atoms with van der Waals surface area (Å²) in [5, 5.41) is 24.8. The van der Waals surface area contributed by atoms with Crippen LogP contribution in [0.15, 0.2) is 24.3 Å². The van der Waals surface area contributed by atoms with Crippen molar-refractivity contribution in [3.05, 3.63) is 40.4 Å². The van der Waals surface area contributed by atoms with Crippen LogP contribution in [0, 0.1) is 6.92 Å². The van der Waals surface area contributed by atoms with Crippen LogP contribution in [-0.4, -0.2) is 27.9 Å². The number of aryl methyl sites for hydroxylation is 1. The lowest BCUT2D eigenvalue weighted by molar-refractivity contribution is 0.175. The summed E-state index contributed by atoms with van der Waals surface area (Å²) in [5.74, 6) is 0.527. The molecule has 0 aliphatic heterocycles. The fourth-order valence-corrected chi connectivity index (χ4v) is 2.92. The van der Waals surface area contributed by atoms with Gasteiger partial charge in [0.1, 0.15) is 5.01 Å². The van der Waals surface area contributed by atoms with E-state index in [-0.39, 0.29) is 12.6 Å². The van der Waals surface area contributed by atoms with Gasteiger partial charge in [0.2, 0.25) is 5.13 Å². The van der Waals surface area contributed by atoms with E-state index >= 15 is 0 Å². The third-order valence-electron chi connectivity index (χ3n) is 3.51. The van der Waals surface area contributed by atoms with Crippen molar-refractivity contribution in [2.24, 2.45) is 0 Å². The quantitative estimate of drug-likeness (QED) is 0.791. The fourth-order valence-electron chi connectivity index (χ4n) is 2.02. The van der Waals surface area contributed by atoms with Gasteiger partial charge in [-0.3, -0.25) is 5.32 Å². The Kier molecular flexibility index (Phi) is 4.35. The lowest BCUT2D eigenvalue weighted by Gasteiger charge is -2.12. The van der Waals surface area contributed by atoms with Crippen LogP contribution in [0.3, 0.4) is 0 Å². The molecule has 6 nitrogen and oxygen atoms in total. The predicted octanol–water partition coefficient (Wildman–Crippen LogP) is 2.58. The largest absolute Gasteiger partial charge is 0.387 e. The number of anilines is 1. The fraction of sp³-hybridized carbons (Fsp3) is 0.400. The van der Waals surface area contributed by atoms with Crippen LogP contribution in [0.1, 0.15) is 41.0 Å². The second kappa shape index (κ2) is 6.41. The Morgan fingerprint density at radius 2 is 2.09 bits per heavy atom. The third-order valence-corrected chi connectivity index (χ3v) is 4.51. The number of rotatable bonds is 5. The van der Waals surface area contributed by atoms with Crippen molar-refractivity contribution in [2.75, 3.05) is 11.9 Å². The molecule has 1 atom stereocenters. The number of nitrogens with one attached hydrogen (secondary N) is 2. The van der Waals surface area contributed by atoms with Crippen molar-refractivity contribution in [1.29, 1.82) is 0 Å². The SMILES string of the molecule is Cc1ccc(C(O)CNC(=O)Nc2nnc(C3CC3)s2)cc1. The zero-order chi connectivity index (χ0) is 15.5. The van der Waals surface area contributed by atoms with Gasteiger partial charge in [-0.15, -0.1) is 10.2 Å². The van der Waals surface area contributed by atoms with E-state index in [1.54, 1.807) is 0 Å². The maximum absolute atomic E-state index is 11.8. The van der Waals surface area contributed by atoms with E-state index in [2.05, 4.69) is 20.8 Å². The maximum Gasteiger partial charge on any atom is 0.321 e. The molecule has 3 N–H and O–H groups in total. The highest BCUT2D eigenvalue weighted by Gasteiger charge is 2.27. The average Bonchev–Trinajstić information content (AvgIpc) is 3.26. The predicted molar refractivity (Wildman–Crippen MR) is 85.0 cm³/mol. The molecule has 22 heavy (non-hydrogen) atoms. The van der Waals surface area contributed by atoms with E-state index < -0.39 is 6.10 Å². The zero-order valence-corrected chi connectivity index (χ0v) is 13.1. The van der Waals surface area contributed by atoms with Gasteiger partial charge in [-0.1, -0.05) is 41.2 Å². The molecule has 3 rings (SSSR count). The average molecular weight is 318 g/mol. The minimum atomic E-state index is -0.734. The summed E-state index contributed by atoms with van der Waals surface area (Å²) >= 11 is 1.41. The van der Waals surface area contributed by atoms with Crippen LogP contribution in [0.4, 0.5) is 9.93 Å². The van der Waals surface area contributed by atoms with E-state index in [4.69, 9.17) is 0 Å². The van der Waals surface area contributed by atoms with E-state index in [9.17, 15) is 9.90 Å². The van der Waals surface area contributed by atoms with Crippen LogP contribution in [0.2, 0.25) is 0 Å². The van der Waals surface area contributed by atoms with Crippen LogP contribution < -0.4 is 10.6 Å². The highest BCUT2D eigenvalue weighted by molar-refractivity contribution is 7.15. The smallest absolute Gasteiger partial charge is 0.321 e. The highest BCUT2D eigenvalue weighted by Crippen LogP contribution is 2.41. The van der Waals surface area contributed by atoms with Crippen molar-refractivity contribution < 1.29 is 9.90 Å². The molecule has 2 amide bonds. The number of urea groups is 1. The molecule has 1 aliphatic rings. The van der Waals surface area contributed by atoms with E-state index in [1.165, 1.54) is 11.3 Å². The number of amides is 2. The normalized spacial score (nSPS) is 15.4. The first-order chi connectivity index (χ1) is 10.6. The lowest BCUT2D eigenvalue weighted by atomic mass is 10.1. The molecule has 1 aliphatic carbocycles. The number of aliphatic hydroxyl groups excluding tert-OH is 1. The summed E-state index contributed by atoms with van der Waals surface area (Å²) in [7, 11) is 0. The van der Waals surface area contributed by atoms with E-state index in [0.29, 0.717) is 11.0 Å². The Labute approximate surface area is 132 Å². The van der Waals surface area contributed by atoms with Gasteiger partial charge in [-0.25, -0.2) is 4.79 Å². The van der Waals surface area contributed by atoms with E-state index in [0.717, 1.165) is 29.0 Å². The standard InChI is InChI=1S/C15H18N4O2S/c1-9-2-4-10(5-3-9)12(20)8-16-14(21)17-15-19-18-13(22-15)11-6-7-11/h2-5,11-12,20H,6-8H2,1H3,(H2,16,17,19,21). The molecule has 1 unspecified atom stereocenters. The van der Waals surface area contributed by atoms with Gasteiger partial charge in [-0.2, -0.15) is 0 Å². The van der Waals surface area contributed by atoms with Crippen molar-refractivity contribution in [3.63, 3.8) is 0 Å². The Bertz CT molecular complexity index is 652. The first-order valence-electron chi connectivity index (χ1n) is 7.24. The summed E-state index contributed by atoms with van der Waals surface area (Å²) in [6.45, 7) is 2.13. The van der Waals surface area contributed by atoms with Crippen LogP contribution >= 0.6 is 11.3 Å². The van der Waals surface area contributed by atoms with Gasteiger partial charge in [0, 0.05) is 12.5 Å². The number of aliphatic hydroxyl groups is 1. The molecular weight excluding hydrogens is 300 g/mol. The van der Waals surface area contributed by atoms with Gasteiger partial charge >= 0.3 is 6.03 Å². The summed E-state index contributed by atoms with van der Waals surface area (Å²) in [6.07, 6.45) is 1.58. The molecule has 0 bridgehead atoms. The van der Waals surface area contributed by atoms with Crippen molar-refractivity contribution in [2.45, 2.75) is 31.8 Å². The van der Waals surface area contributed by atoms with Crippen LogP contribution in [0.5, 0.6) is 0 Å². The Morgan fingerprint density at radius 3 is 2.77 bits per heavy atom. The number of hydrogen-bond acceptors (Lipinski definition) is 5. The summed E-state index contributed by atoms with van der Waals surface area (Å²) in [6, 6.07) is 7.18. The van der Waals surface area contributed by atoms with Gasteiger partial charge in [0.25, 0.3) is 0 Å². The second-order valence-electron chi connectivity index (χ2n) is 5.48. The number of hydrogen-bond donors (Lipinski definition) is 3. The molecular formula is C15H18N4O2S. The number of benzene rings is 1. The van der Waals surface area contributed by atoms with Crippen molar-refractivity contribution in [3.8, 4) is 0 Å². The Hall–Kier alpha value is -1.99. The zero-order valence-electron chi connectivity index (χ0n) is 12.2. The van der Waals surface area contributed by atoms with Gasteiger partial charge in [-0.05, 0) is 25.3 Å². The molecule has 1 fully saturated rings. The topological polar surface area (TPSA) is 87.1 Å². The summed E-state index contributed by atoms with van der Waals surface area (Å²) in [5.41, 5.74) is 1.90. The van der Waals surface area contributed by atoms with Gasteiger partial charge in [0.05, 0.1) is 6.10 Å². The number of carbonyl (C=O) groups is 1. The molecule has 0 saturated heterocycles. The van der Waals surface area contributed by atoms with Gasteiger partial charge in [0.15, 0.2) is 0 Å². The van der Waals surface area contributed by atoms with Crippen molar-refractivity contribution >= 4 is 22.5 Å². The monoisotopic (exact) mass is 318 g/mol. The Morgan fingerprint density at radius 1 is 1.36 bits per heavy atom. The second-order valence-corrected chi connectivity index (χ2v) is 6.49. The minimum absolute atomic E-state index is 0.142. The first-order valence-corrected chi connectivity index (χ1v) is 8.06. The Balaban J connectivity index is 1.47. The molecule has 7 heteroatoms.